The maximum atomic E-state index is 10.2. The molecule has 4 heterocycles. The Morgan fingerprint density at radius 2 is 2.09 bits per heavy atom. The molecule has 0 saturated carbocycles. The fourth-order valence-corrected chi connectivity index (χ4v) is 2.88. The molecule has 3 aromatic heterocycles. The standard InChI is InChI=1S/C13H12N6O4/c14-1-6-2-18(13-10(22)9(21)7(3-20)23-13)11-8(6)12-15-4-17-19(12)5-16-11/h2,4-5,7,9-10,13,20-22H,3H2/t7-,9-,10-,13-/m1/s1. The highest BCUT2D eigenvalue weighted by molar-refractivity contribution is 5.94. The molecular formula is C13H12N6O4. The van der Waals surface area contributed by atoms with Crippen molar-refractivity contribution in [3.8, 4) is 6.07 Å². The first-order valence-electron chi connectivity index (χ1n) is 6.87. The van der Waals surface area contributed by atoms with Crippen LogP contribution in [-0.4, -0.2) is 64.4 Å². The fraction of sp³-hybridized carbons (Fsp3) is 0.385. The van der Waals surface area contributed by atoms with Gasteiger partial charge in [-0.15, -0.1) is 0 Å². The third kappa shape index (κ3) is 1.85. The van der Waals surface area contributed by atoms with Crippen LogP contribution >= 0.6 is 0 Å². The first-order valence-corrected chi connectivity index (χ1v) is 6.87. The monoisotopic (exact) mass is 316 g/mol. The van der Waals surface area contributed by atoms with E-state index in [2.05, 4.69) is 21.1 Å². The molecule has 23 heavy (non-hydrogen) atoms. The average molecular weight is 316 g/mol. The molecule has 4 rings (SSSR count). The molecule has 0 spiro atoms. The Morgan fingerprint density at radius 1 is 1.26 bits per heavy atom. The number of rotatable bonds is 2. The molecule has 0 aromatic carbocycles. The predicted octanol–water partition coefficient (Wildman–Crippen LogP) is -1.44. The normalized spacial score (nSPS) is 27.7. The summed E-state index contributed by atoms with van der Waals surface area (Å²) in [6.45, 7) is -0.430. The van der Waals surface area contributed by atoms with Gasteiger partial charge in [0.05, 0.1) is 17.6 Å². The third-order valence-corrected chi connectivity index (χ3v) is 4.00. The maximum absolute atomic E-state index is 10.2. The lowest BCUT2D eigenvalue weighted by molar-refractivity contribution is -0.0508. The lowest BCUT2D eigenvalue weighted by Gasteiger charge is -2.17. The van der Waals surface area contributed by atoms with Crippen LogP contribution in [0, 0.1) is 11.3 Å². The van der Waals surface area contributed by atoms with E-state index in [1.54, 1.807) is 0 Å². The van der Waals surface area contributed by atoms with Gasteiger partial charge in [0.1, 0.15) is 42.7 Å². The van der Waals surface area contributed by atoms with Crippen molar-refractivity contribution in [1.82, 2.24) is 24.1 Å². The molecule has 10 nitrogen and oxygen atoms in total. The highest BCUT2D eigenvalue weighted by atomic mass is 16.6. The molecule has 1 saturated heterocycles. The molecule has 1 fully saturated rings. The Morgan fingerprint density at radius 3 is 2.78 bits per heavy atom. The van der Waals surface area contributed by atoms with Crippen molar-refractivity contribution in [2.75, 3.05) is 6.61 Å². The van der Waals surface area contributed by atoms with Crippen LogP contribution in [0.25, 0.3) is 16.7 Å². The average Bonchev–Trinajstić information content (AvgIpc) is 3.24. The number of nitriles is 1. The third-order valence-electron chi connectivity index (χ3n) is 4.00. The summed E-state index contributed by atoms with van der Waals surface area (Å²) < 4.78 is 8.40. The molecular weight excluding hydrogens is 304 g/mol. The van der Waals surface area contributed by atoms with E-state index >= 15 is 0 Å². The summed E-state index contributed by atoms with van der Waals surface area (Å²) in [5.41, 5.74) is 1.12. The number of nitrogens with zero attached hydrogens (tertiary/aromatic N) is 6. The van der Waals surface area contributed by atoms with Gasteiger partial charge in [0, 0.05) is 6.20 Å². The van der Waals surface area contributed by atoms with Gasteiger partial charge in [-0.1, -0.05) is 0 Å². The zero-order chi connectivity index (χ0) is 16.1. The second kappa shape index (κ2) is 4.97. The fourth-order valence-electron chi connectivity index (χ4n) is 2.88. The lowest BCUT2D eigenvalue weighted by atomic mass is 10.1. The van der Waals surface area contributed by atoms with Crippen molar-refractivity contribution >= 4 is 16.7 Å². The van der Waals surface area contributed by atoms with Gasteiger partial charge in [0.15, 0.2) is 11.9 Å². The Bertz CT molecular complexity index is 928. The summed E-state index contributed by atoms with van der Waals surface area (Å²) in [4.78, 5) is 8.36. The van der Waals surface area contributed by atoms with E-state index in [1.165, 1.54) is 27.9 Å². The Hall–Kier alpha value is -2.58. The second-order valence-electron chi connectivity index (χ2n) is 5.26. The largest absolute Gasteiger partial charge is 0.394 e. The molecule has 0 bridgehead atoms. The van der Waals surface area contributed by atoms with Crippen LogP contribution in [0.1, 0.15) is 11.8 Å². The molecule has 3 aromatic rings. The summed E-state index contributed by atoms with van der Waals surface area (Å²) in [6, 6.07) is 2.06. The molecule has 1 aliphatic rings. The number of aliphatic hydroxyl groups excluding tert-OH is 3. The summed E-state index contributed by atoms with van der Waals surface area (Å²) in [7, 11) is 0. The predicted molar refractivity (Wildman–Crippen MR) is 74.0 cm³/mol. The highest BCUT2D eigenvalue weighted by Crippen LogP contribution is 2.33. The van der Waals surface area contributed by atoms with E-state index in [1.807, 2.05) is 0 Å². The van der Waals surface area contributed by atoms with Crippen LogP contribution < -0.4 is 0 Å². The number of fused-ring (bicyclic) bond motifs is 3. The van der Waals surface area contributed by atoms with Crippen molar-refractivity contribution < 1.29 is 20.1 Å². The second-order valence-corrected chi connectivity index (χ2v) is 5.26. The van der Waals surface area contributed by atoms with Gasteiger partial charge >= 0.3 is 0 Å². The van der Waals surface area contributed by atoms with Crippen molar-refractivity contribution in [1.29, 1.82) is 5.26 Å². The van der Waals surface area contributed by atoms with Crippen LogP contribution in [0.3, 0.4) is 0 Å². The van der Waals surface area contributed by atoms with E-state index in [4.69, 9.17) is 4.74 Å². The van der Waals surface area contributed by atoms with Crippen LogP contribution in [0.15, 0.2) is 18.9 Å². The number of aliphatic hydroxyl groups is 3. The SMILES string of the molecule is N#Cc1cn([C@@H]2O[C@H](CO)[C@@H](O)[C@H]2O)c2ncn3ncnc3c12. The summed E-state index contributed by atoms with van der Waals surface area (Å²) in [5, 5.41) is 43.1. The van der Waals surface area contributed by atoms with Crippen molar-refractivity contribution in [3.63, 3.8) is 0 Å². The Balaban J connectivity index is 1.93. The van der Waals surface area contributed by atoms with Gasteiger partial charge in [-0.05, 0) is 0 Å². The zero-order valence-corrected chi connectivity index (χ0v) is 11.7. The Labute approximate surface area is 128 Å². The molecule has 3 N–H and O–H groups in total. The van der Waals surface area contributed by atoms with E-state index in [-0.39, 0.29) is 0 Å². The lowest BCUT2D eigenvalue weighted by Crippen LogP contribution is -2.33. The topological polar surface area (TPSA) is 142 Å². The number of ether oxygens (including phenoxy) is 1. The minimum Gasteiger partial charge on any atom is -0.394 e. The van der Waals surface area contributed by atoms with E-state index in [9.17, 15) is 20.6 Å². The molecule has 0 aliphatic carbocycles. The summed E-state index contributed by atoms with van der Waals surface area (Å²) >= 11 is 0. The molecule has 0 unspecified atom stereocenters. The molecule has 1 aliphatic heterocycles. The first-order chi connectivity index (χ1) is 11.2. The van der Waals surface area contributed by atoms with Crippen LogP contribution in [0.4, 0.5) is 0 Å². The van der Waals surface area contributed by atoms with Crippen molar-refractivity contribution in [2.24, 2.45) is 0 Å². The number of hydrogen-bond acceptors (Lipinski definition) is 8. The minimum absolute atomic E-state index is 0.295. The Kier molecular flexibility index (Phi) is 3.03. The summed E-state index contributed by atoms with van der Waals surface area (Å²) in [5.74, 6) is 0. The molecule has 0 amide bonds. The van der Waals surface area contributed by atoms with Gasteiger partial charge < -0.3 is 24.6 Å². The van der Waals surface area contributed by atoms with Crippen molar-refractivity contribution in [2.45, 2.75) is 24.5 Å². The number of aromatic nitrogens is 5. The van der Waals surface area contributed by atoms with Gasteiger partial charge in [0.2, 0.25) is 0 Å². The van der Waals surface area contributed by atoms with Gasteiger partial charge in [0.25, 0.3) is 0 Å². The van der Waals surface area contributed by atoms with E-state index in [0.717, 1.165) is 0 Å². The molecule has 0 radical (unpaired) electrons. The number of hydrogen-bond donors (Lipinski definition) is 3. The smallest absolute Gasteiger partial charge is 0.169 e. The minimum atomic E-state index is -1.26. The van der Waals surface area contributed by atoms with Gasteiger partial charge in [-0.2, -0.15) is 10.4 Å². The maximum Gasteiger partial charge on any atom is 0.169 e. The van der Waals surface area contributed by atoms with Crippen LogP contribution in [0.2, 0.25) is 0 Å². The van der Waals surface area contributed by atoms with E-state index < -0.39 is 31.1 Å². The molecule has 10 heteroatoms. The zero-order valence-electron chi connectivity index (χ0n) is 11.7. The first kappa shape index (κ1) is 14.0. The van der Waals surface area contributed by atoms with Crippen molar-refractivity contribution in [3.05, 3.63) is 24.4 Å². The quantitative estimate of drug-likeness (QED) is 0.522. The van der Waals surface area contributed by atoms with Crippen LogP contribution in [-0.2, 0) is 4.74 Å². The molecule has 4 atom stereocenters. The van der Waals surface area contributed by atoms with Gasteiger partial charge in [-0.3, -0.25) is 0 Å². The highest BCUT2D eigenvalue weighted by Gasteiger charge is 2.44. The van der Waals surface area contributed by atoms with Crippen LogP contribution in [0.5, 0.6) is 0 Å². The van der Waals surface area contributed by atoms with E-state index in [0.29, 0.717) is 22.2 Å². The van der Waals surface area contributed by atoms with Gasteiger partial charge in [-0.25, -0.2) is 14.5 Å². The summed E-state index contributed by atoms with van der Waals surface area (Å²) in [6.07, 6.45) is -0.105. The molecule has 118 valence electrons.